The quantitative estimate of drug-likeness (QED) is 0.679. The summed E-state index contributed by atoms with van der Waals surface area (Å²) >= 11 is 1.35. The van der Waals surface area contributed by atoms with Gasteiger partial charge in [0.2, 0.25) is 0 Å². The third kappa shape index (κ3) is 4.78. The maximum atomic E-state index is 12.6. The van der Waals surface area contributed by atoms with Crippen LogP contribution >= 0.6 is 11.3 Å². The minimum atomic E-state index is -4.33. The Bertz CT molecular complexity index is 620. The highest BCUT2D eigenvalue weighted by molar-refractivity contribution is 7.15. The highest BCUT2D eigenvalue weighted by Crippen LogP contribution is 2.33. The van der Waals surface area contributed by atoms with E-state index >= 15 is 0 Å². The molecule has 2 nitrogen and oxygen atoms in total. The second-order valence-corrected chi connectivity index (χ2v) is 6.52. The number of hydrogen-bond acceptors (Lipinski definition) is 3. The van der Waals surface area contributed by atoms with Crippen LogP contribution in [0.1, 0.15) is 48.7 Å². The molecule has 23 heavy (non-hydrogen) atoms. The molecule has 1 aromatic heterocycles. The SMILES string of the molecule is CCCCCCc1nc(-c2ccc(C(F)(F)F)cc2)sc1CO. The lowest BCUT2D eigenvalue weighted by Crippen LogP contribution is -2.03. The molecule has 0 saturated carbocycles. The van der Waals surface area contributed by atoms with Crippen LogP contribution in [-0.4, -0.2) is 10.1 Å². The van der Waals surface area contributed by atoms with Crippen LogP contribution in [0.5, 0.6) is 0 Å². The largest absolute Gasteiger partial charge is 0.416 e. The summed E-state index contributed by atoms with van der Waals surface area (Å²) in [5.74, 6) is 0. The first-order chi connectivity index (χ1) is 11.0. The fourth-order valence-electron chi connectivity index (χ4n) is 2.35. The Morgan fingerprint density at radius 1 is 1.09 bits per heavy atom. The summed E-state index contributed by atoms with van der Waals surface area (Å²) < 4.78 is 37.8. The van der Waals surface area contributed by atoms with Gasteiger partial charge in [-0.15, -0.1) is 11.3 Å². The van der Waals surface area contributed by atoms with Crippen molar-refractivity contribution in [2.45, 2.75) is 51.8 Å². The fraction of sp³-hybridized carbons (Fsp3) is 0.471. The third-order valence-corrected chi connectivity index (χ3v) is 4.78. The zero-order chi connectivity index (χ0) is 16.9. The van der Waals surface area contributed by atoms with Crippen LogP contribution in [0.2, 0.25) is 0 Å². The van der Waals surface area contributed by atoms with Gasteiger partial charge in [0.15, 0.2) is 0 Å². The number of halogens is 3. The molecular weight excluding hydrogens is 323 g/mol. The Hall–Kier alpha value is -1.40. The number of thiazole rings is 1. The average Bonchev–Trinajstić information content (AvgIpc) is 2.94. The predicted molar refractivity (Wildman–Crippen MR) is 86.3 cm³/mol. The van der Waals surface area contributed by atoms with Gasteiger partial charge in [-0.05, 0) is 25.0 Å². The molecule has 1 heterocycles. The van der Waals surface area contributed by atoms with E-state index in [-0.39, 0.29) is 6.61 Å². The van der Waals surface area contributed by atoms with E-state index in [4.69, 9.17) is 0 Å². The Kier molecular flexibility index (Phi) is 6.18. The number of aromatic nitrogens is 1. The molecule has 6 heteroatoms. The summed E-state index contributed by atoms with van der Waals surface area (Å²) in [5.41, 5.74) is 0.848. The molecule has 0 aliphatic rings. The lowest BCUT2D eigenvalue weighted by Gasteiger charge is -2.06. The molecule has 0 bridgehead atoms. The van der Waals surface area contributed by atoms with E-state index in [1.807, 2.05) is 0 Å². The summed E-state index contributed by atoms with van der Waals surface area (Å²) in [6.45, 7) is 2.06. The molecule has 0 radical (unpaired) electrons. The van der Waals surface area contributed by atoms with Gasteiger partial charge in [0.25, 0.3) is 0 Å². The summed E-state index contributed by atoms with van der Waals surface area (Å²) in [4.78, 5) is 5.32. The normalized spacial score (nSPS) is 11.9. The molecule has 0 saturated heterocycles. The Morgan fingerprint density at radius 3 is 2.35 bits per heavy atom. The van der Waals surface area contributed by atoms with Crippen molar-refractivity contribution in [1.82, 2.24) is 4.98 Å². The standard InChI is InChI=1S/C17H20F3NOS/c1-2-3-4-5-6-14-15(11-22)23-16(21-14)12-7-9-13(10-8-12)17(18,19)20/h7-10,22H,2-6,11H2,1H3. The van der Waals surface area contributed by atoms with Crippen molar-refractivity contribution < 1.29 is 18.3 Å². The zero-order valence-electron chi connectivity index (χ0n) is 13.0. The van der Waals surface area contributed by atoms with Crippen molar-refractivity contribution in [3.8, 4) is 10.6 Å². The number of benzene rings is 1. The van der Waals surface area contributed by atoms with Crippen LogP contribution in [0.4, 0.5) is 13.2 Å². The molecule has 0 aliphatic heterocycles. The summed E-state index contributed by atoms with van der Waals surface area (Å²) in [6.07, 6.45) is 0.922. The number of alkyl halides is 3. The number of rotatable bonds is 7. The number of unbranched alkanes of at least 4 members (excludes halogenated alkanes) is 3. The number of aryl methyl sites for hydroxylation is 1. The van der Waals surface area contributed by atoms with Gasteiger partial charge in [0.05, 0.1) is 22.7 Å². The van der Waals surface area contributed by atoms with Crippen molar-refractivity contribution >= 4 is 11.3 Å². The first kappa shape index (κ1) is 17.9. The lowest BCUT2D eigenvalue weighted by molar-refractivity contribution is -0.137. The van der Waals surface area contributed by atoms with E-state index in [1.165, 1.54) is 29.9 Å². The topological polar surface area (TPSA) is 33.1 Å². The Balaban J connectivity index is 2.15. The van der Waals surface area contributed by atoms with Crippen molar-refractivity contribution in [2.75, 3.05) is 0 Å². The minimum Gasteiger partial charge on any atom is -0.391 e. The minimum absolute atomic E-state index is 0.0819. The van der Waals surface area contributed by atoms with Crippen molar-refractivity contribution in [3.05, 3.63) is 40.4 Å². The van der Waals surface area contributed by atoms with Gasteiger partial charge in [-0.1, -0.05) is 38.3 Å². The van der Waals surface area contributed by atoms with Gasteiger partial charge in [-0.3, -0.25) is 0 Å². The number of aliphatic hydroxyl groups is 1. The molecule has 126 valence electrons. The van der Waals surface area contributed by atoms with Crippen LogP contribution in [0.25, 0.3) is 10.6 Å². The highest BCUT2D eigenvalue weighted by atomic mass is 32.1. The molecule has 0 amide bonds. The van der Waals surface area contributed by atoms with E-state index in [0.717, 1.165) is 48.4 Å². The van der Waals surface area contributed by atoms with E-state index in [9.17, 15) is 18.3 Å². The molecule has 0 unspecified atom stereocenters. The van der Waals surface area contributed by atoms with Gasteiger partial charge in [-0.25, -0.2) is 4.98 Å². The number of aliphatic hydroxyl groups excluding tert-OH is 1. The average molecular weight is 343 g/mol. The van der Waals surface area contributed by atoms with Gasteiger partial charge in [0, 0.05) is 5.56 Å². The van der Waals surface area contributed by atoms with E-state index in [1.54, 1.807) is 0 Å². The Labute approximate surface area is 138 Å². The van der Waals surface area contributed by atoms with Crippen LogP contribution in [0.3, 0.4) is 0 Å². The first-order valence-corrected chi connectivity index (χ1v) is 8.54. The molecular formula is C17H20F3NOS. The highest BCUT2D eigenvalue weighted by Gasteiger charge is 2.30. The van der Waals surface area contributed by atoms with Crippen LogP contribution in [0.15, 0.2) is 24.3 Å². The van der Waals surface area contributed by atoms with E-state index in [2.05, 4.69) is 11.9 Å². The molecule has 2 aromatic rings. The molecule has 0 fully saturated rings. The third-order valence-electron chi connectivity index (χ3n) is 3.65. The Morgan fingerprint density at radius 2 is 1.78 bits per heavy atom. The molecule has 1 N–H and O–H groups in total. The summed E-state index contributed by atoms with van der Waals surface area (Å²) in [6, 6.07) is 5.00. The van der Waals surface area contributed by atoms with Crippen LogP contribution in [0, 0.1) is 0 Å². The fourth-order valence-corrected chi connectivity index (χ4v) is 3.32. The monoisotopic (exact) mass is 343 g/mol. The second kappa shape index (κ2) is 7.93. The zero-order valence-corrected chi connectivity index (χ0v) is 13.8. The molecule has 0 atom stereocenters. The first-order valence-electron chi connectivity index (χ1n) is 7.72. The van der Waals surface area contributed by atoms with Crippen LogP contribution < -0.4 is 0 Å². The van der Waals surface area contributed by atoms with Gasteiger partial charge in [0.1, 0.15) is 5.01 Å². The smallest absolute Gasteiger partial charge is 0.391 e. The van der Waals surface area contributed by atoms with E-state index in [0.29, 0.717) is 10.6 Å². The second-order valence-electron chi connectivity index (χ2n) is 5.43. The molecule has 1 aromatic carbocycles. The van der Waals surface area contributed by atoms with Crippen LogP contribution in [-0.2, 0) is 19.2 Å². The van der Waals surface area contributed by atoms with Gasteiger partial charge < -0.3 is 5.11 Å². The molecule has 0 spiro atoms. The number of nitrogens with zero attached hydrogens (tertiary/aromatic N) is 1. The summed E-state index contributed by atoms with van der Waals surface area (Å²) in [7, 11) is 0. The lowest BCUT2D eigenvalue weighted by atomic mass is 10.1. The predicted octanol–water partition coefficient (Wildman–Crippen LogP) is 5.44. The van der Waals surface area contributed by atoms with E-state index < -0.39 is 11.7 Å². The van der Waals surface area contributed by atoms with Crippen molar-refractivity contribution in [3.63, 3.8) is 0 Å². The maximum absolute atomic E-state index is 12.6. The molecule has 0 aliphatic carbocycles. The van der Waals surface area contributed by atoms with Crippen molar-refractivity contribution in [1.29, 1.82) is 0 Å². The number of hydrogen-bond donors (Lipinski definition) is 1. The molecule has 2 rings (SSSR count). The van der Waals surface area contributed by atoms with Gasteiger partial charge >= 0.3 is 6.18 Å². The van der Waals surface area contributed by atoms with Crippen molar-refractivity contribution in [2.24, 2.45) is 0 Å². The summed E-state index contributed by atoms with van der Waals surface area (Å²) in [5, 5.41) is 10.1. The van der Waals surface area contributed by atoms with Gasteiger partial charge in [-0.2, -0.15) is 13.2 Å². The maximum Gasteiger partial charge on any atom is 0.416 e.